The first-order valence-electron chi connectivity index (χ1n) is 7.40. The van der Waals surface area contributed by atoms with E-state index in [9.17, 15) is 0 Å². The van der Waals surface area contributed by atoms with Crippen molar-refractivity contribution in [3.8, 4) is 0 Å². The lowest BCUT2D eigenvalue weighted by Gasteiger charge is -2.08. The standard InChI is InChI=1S/C16H28N6/c1-21(2)11-9-19-15(17)13-5-7-14(8-6-13)16(18)20-10-12-22(3)4/h5-8H,9-12H2,1-4H3,(H2,17,19)(H2,18,20). The number of nitrogens with two attached hydrogens (primary N) is 2. The SMILES string of the molecule is CN(C)CCN=C(N)c1ccc(C(N)=NCCN(C)C)cc1. The van der Waals surface area contributed by atoms with Crippen molar-refractivity contribution in [3.63, 3.8) is 0 Å². The van der Waals surface area contributed by atoms with Gasteiger partial charge >= 0.3 is 0 Å². The number of amidine groups is 2. The molecule has 1 rings (SSSR count). The lowest BCUT2D eigenvalue weighted by molar-refractivity contribution is 0.420. The van der Waals surface area contributed by atoms with Crippen LogP contribution < -0.4 is 11.5 Å². The molecule has 0 radical (unpaired) electrons. The highest BCUT2D eigenvalue weighted by atomic mass is 15.1. The summed E-state index contributed by atoms with van der Waals surface area (Å²) < 4.78 is 0. The maximum atomic E-state index is 5.99. The molecule has 0 aliphatic rings. The highest BCUT2D eigenvalue weighted by molar-refractivity contribution is 6.00. The molecule has 0 atom stereocenters. The molecule has 0 unspecified atom stereocenters. The van der Waals surface area contributed by atoms with Gasteiger partial charge < -0.3 is 21.3 Å². The zero-order chi connectivity index (χ0) is 16.5. The Bertz CT molecular complexity index is 455. The lowest BCUT2D eigenvalue weighted by Crippen LogP contribution is -2.20. The van der Waals surface area contributed by atoms with Gasteiger partial charge in [0.25, 0.3) is 0 Å². The minimum Gasteiger partial charge on any atom is -0.384 e. The Morgan fingerprint density at radius 2 is 1.09 bits per heavy atom. The average molecular weight is 304 g/mol. The Hall–Kier alpha value is -1.92. The van der Waals surface area contributed by atoms with Crippen LogP contribution in [0.4, 0.5) is 0 Å². The zero-order valence-corrected chi connectivity index (χ0v) is 14.1. The summed E-state index contributed by atoms with van der Waals surface area (Å²) in [6.07, 6.45) is 0. The topological polar surface area (TPSA) is 83.2 Å². The number of benzene rings is 1. The van der Waals surface area contributed by atoms with E-state index in [1.165, 1.54) is 0 Å². The second-order valence-corrected chi connectivity index (χ2v) is 5.72. The van der Waals surface area contributed by atoms with Gasteiger partial charge in [-0.3, -0.25) is 9.98 Å². The van der Waals surface area contributed by atoms with Crippen LogP contribution in [0.1, 0.15) is 11.1 Å². The molecule has 0 fully saturated rings. The van der Waals surface area contributed by atoms with E-state index in [2.05, 4.69) is 19.8 Å². The summed E-state index contributed by atoms with van der Waals surface area (Å²) in [5.74, 6) is 1.10. The van der Waals surface area contributed by atoms with Crippen molar-refractivity contribution >= 4 is 11.7 Å². The van der Waals surface area contributed by atoms with Crippen LogP contribution in [-0.2, 0) is 0 Å². The summed E-state index contributed by atoms with van der Waals surface area (Å²) >= 11 is 0. The van der Waals surface area contributed by atoms with Crippen molar-refractivity contribution < 1.29 is 0 Å². The van der Waals surface area contributed by atoms with E-state index in [4.69, 9.17) is 11.5 Å². The van der Waals surface area contributed by atoms with E-state index in [-0.39, 0.29) is 0 Å². The van der Waals surface area contributed by atoms with Crippen molar-refractivity contribution in [2.45, 2.75) is 0 Å². The molecule has 0 amide bonds. The van der Waals surface area contributed by atoms with Gasteiger partial charge in [0.1, 0.15) is 11.7 Å². The summed E-state index contributed by atoms with van der Waals surface area (Å²) in [6, 6.07) is 7.71. The van der Waals surface area contributed by atoms with Crippen molar-refractivity contribution in [2.75, 3.05) is 54.4 Å². The summed E-state index contributed by atoms with van der Waals surface area (Å²) in [7, 11) is 8.05. The van der Waals surface area contributed by atoms with Crippen LogP contribution in [0.5, 0.6) is 0 Å². The maximum absolute atomic E-state index is 5.99. The van der Waals surface area contributed by atoms with E-state index in [1.54, 1.807) is 0 Å². The molecule has 0 aliphatic carbocycles. The largest absolute Gasteiger partial charge is 0.384 e. The van der Waals surface area contributed by atoms with E-state index in [1.807, 2.05) is 52.5 Å². The summed E-state index contributed by atoms with van der Waals surface area (Å²) in [4.78, 5) is 12.9. The molecule has 0 spiro atoms. The zero-order valence-electron chi connectivity index (χ0n) is 14.1. The van der Waals surface area contributed by atoms with Crippen LogP contribution in [0.2, 0.25) is 0 Å². The summed E-state index contributed by atoms with van der Waals surface area (Å²) in [5, 5.41) is 0. The first-order valence-corrected chi connectivity index (χ1v) is 7.40. The van der Waals surface area contributed by atoms with Crippen LogP contribution in [-0.4, -0.2) is 75.8 Å². The highest BCUT2D eigenvalue weighted by Crippen LogP contribution is 2.04. The normalized spacial score (nSPS) is 13.2. The molecule has 0 aliphatic heterocycles. The average Bonchev–Trinajstić information content (AvgIpc) is 2.46. The third-order valence-corrected chi connectivity index (χ3v) is 3.14. The molecule has 6 heteroatoms. The van der Waals surface area contributed by atoms with Gasteiger partial charge in [-0.05, 0) is 28.2 Å². The Balaban J connectivity index is 2.65. The van der Waals surface area contributed by atoms with Crippen molar-refractivity contribution in [1.82, 2.24) is 9.80 Å². The Labute approximate surface area is 133 Å². The van der Waals surface area contributed by atoms with Crippen LogP contribution in [0.3, 0.4) is 0 Å². The highest BCUT2D eigenvalue weighted by Gasteiger charge is 2.02. The fourth-order valence-corrected chi connectivity index (χ4v) is 1.74. The maximum Gasteiger partial charge on any atom is 0.125 e. The second-order valence-electron chi connectivity index (χ2n) is 5.72. The number of hydrogen-bond acceptors (Lipinski definition) is 4. The van der Waals surface area contributed by atoms with Crippen molar-refractivity contribution in [3.05, 3.63) is 35.4 Å². The molecule has 0 saturated heterocycles. The third-order valence-electron chi connectivity index (χ3n) is 3.14. The van der Waals surface area contributed by atoms with Crippen LogP contribution >= 0.6 is 0 Å². The van der Waals surface area contributed by atoms with Gasteiger partial charge in [0.05, 0.1) is 13.1 Å². The number of nitrogens with zero attached hydrogens (tertiary/aromatic N) is 4. The van der Waals surface area contributed by atoms with Gasteiger partial charge in [-0.15, -0.1) is 0 Å². The summed E-state index contributed by atoms with van der Waals surface area (Å²) in [5.41, 5.74) is 13.8. The molecule has 1 aromatic carbocycles. The van der Waals surface area contributed by atoms with E-state index in [0.29, 0.717) is 24.8 Å². The molecular weight excluding hydrogens is 276 g/mol. The molecule has 1 aromatic rings. The molecule has 22 heavy (non-hydrogen) atoms. The fraction of sp³-hybridized carbons (Fsp3) is 0.500. The van der Waals surface area contributed by atoms with Crippen LogP contribution in [0.15, 0.2) is 34.3 Å². The Morgan fingerprint density at radius 1 is 0.773 bits per heavy atom. The van der Waals surface area contributed by atoms with Crippen LogP contribution in [0, 0.1) is 0 Å². The van der Waals surface area contributed by atoms with Gasteiger partial charge in [0.15, 0.2) is 0 Å². The minimum atomic E-state index is 0.552. The molecule has 0 aromatic heterocycles. The molecular formula is C16H28N6. The monoisotopic (exact) mass is 304 g/mol. The second kappa shape index (κ2) is 9.17. The number of likely N-dealkylation sites (N-methyl/N-ethyl adjacent to an activating group) is 2. The van der Waals surface area contributed by atoms with Gasteiger partial charge in [-0.2, -0.15) is 0 Å². The minimum absolute atomic E-state index is 0.552. The van der Waals surface area contributed by atoms with Gasteiger partial charge in [0, 0.05) is 24.2 Å². The van der Waals surface area contributed by atoms with Crippen LogP contribution in [0.25, 0.3) is 0 Å². The Kier molecular flexibility index (Phi) is 7.56. The fourth-order valence-electron chi connectivity index (χ4n) is 1.74. The first-order chi connectivity index (χ1) is 10.4. The predicted molar refractivity (Wildman–Crippen MR) is 94.7 cm³/mol. The summed E-state index contributed by atoms with van der Waals surface area (Å²) in [6.45, 7) is 3.14. The third kappa shape index (κ3) is 6.69. The Morgan fingerprint density at radius 3 is 1.36 bits per heavy atom. The number of rotatable bonds is 8. The van der Waals surface area contributed by atoms with Crippen molar-refractivity contribution in [1.29, 1.82) is 0 Å². The van der Waals surface area contributed by atoms with Gasteiger partial charge in [-0.25, -0.2) is 0 Å². The smallest absolute Gasteiger partial charge is 0.125 e. The van der Waals surface area contributed by atoms with Gasteiger partial charge in [0.2, 0.25) is 0 Å². The molecule has 122 valence electrons. The quantitative estimate of drug-likeness (QED) is 0.532. The first kappa shape index (κ1) is 18.1. The van der Waals surface area contributed by atoms with Crippen molar-refractivity contribution in [2.24, 2.45) is 21.5 Å². The predicted octanol–water partition coefficient (Wildman–Crippen LogP) is 0.220. The molecule has 0 bridgehead atoms. The molecule has 0 saturated carbocycles. The molecule has 0 heterocycles. The van der Waals surface area contributed by atoms with E-state index in [0.717, 1.165) is 24.2 Å². The van der Waals surface area contributed by atoms with E-state index < -0.39 is 0 Å². The molecule has 6 nitrogen and oxygen atoms in total. The molecule has 4 N–H and O–H groups in total. The van der Waals surface area contributed by atoms with E-state index >= 15 is 0 Å². The lowest BCUT2D eigenvalue weighted by atomic mass is 10.1. The number of aliphatic imine (C=N–C) groups is 2. The van der Waals surface area contributed by atoms with Gasteiger partial charge in [-0.1, -0.05) is 24.3 Å². The number of hydrogen-bond donors (Lipinski definition) is 2.